The van der Waals surface area contributed by atoms with Crippen LogP contribution in [-0.2, 0) is 6.42 Å². The van der Waals surface area contributed by atoms with E-state index in [9.17, 15) is 0 Å². The smallest absolute Gasteiger partial charge is 0.127 e. The van der Waals surface area contributed by atoms with Crippen molar-refractivity contribution in [1.29, 1.82) is 5.26 Å². The molecule has 0 aliphatic rings. The Bertz CT molecular complexity index is 495. The van der Waals surface area contributed by atoms with Crippen molar-refractivity contribution in [1.82, 2.24) is 9.36 Å². The molecule has 1 N–H and O–H groups in total. The van der Waals surface area contributed by atoms with Crippen LogP contribution in [0.25, 0.3) is 0 Å². The van der Waals surface area contributed by atoms with Gasteiger partial charge in [-0.2, -0.15) is 9.64 Å². The molecular formula is C10H10N4S2. The van der Waals surface area contributed by atoms with E-state index >= 15 is 0 Å². The van der Waals surface area contributed by atoms with Crippen molar-refractivity contribution in [3.05, 3.63) is 27.8 Å². The first kappa shape index (κ1) is 11.0. The Hall–Kier alpha value is -1.45. The van der Waals surface area contributed by atoms with Crippen LogP contribution in [0, 0.1) is 18.3 Å². The van der Waals surface area contributed by atoms with Crippen LogP contribution in [0.2, 0.25) is 0 Å². The molecule has 0 saturated heterocycles. The third-order valence-corrected chi connectivity index (χ3v) is 3.66. The lowest BCUT2D eigenvalue weighted by atomic mass is 10.2. The molecule has 0 radical (unpaired) electrons. The summed E-state index contributed by atoms with van der Waals surface area (Å²) in [5, 5.41) is 15.0. The highest BCUT2D eigenvalue weighted by atomic mass is 32.1. The first-order chi connectivity index (χ1) is 7.81. The highest BCUT2D eigenvalue weighted by Crippen LogP contribution is 2.23. The lowest BCUT2D eigenvalue weighted by Gasteiger charge is -2.01. The molecule has 0 spiro atoms. The van der Waals surface area contributed by atoms with Gasteiger partial charge < -0.3 is 5.32 Å². The summed E-state index contributed by atoms with van der Waals surface area (Å²) in [5.41, 5.74) is 4.36. The third-order valence-electron chi connectivity index (χ3n) is 2.12. The lowest BCUT2D eigenvalue weighted by Crippen LogP contribution is -2.04. The predicted octanol–water partition coefficient (Wildman–Crippen LogP) is 2.43. The summed E-state index contributed by atoms with van der Waals surface area (Å²) in [5.74, 6) is 0. The Morgan fingerprint density at radius 1 is 1.56 bits per heavy atom. The summed E-state index contributed by atoms with van der Waals surface area (Å²) < 4.78 is 4.15. The Morgan fingerprint density at radius 3 is 3.12 bits per heavy atom. The fraction of sp³-hybridized carbons (Fsp3) is 0.300. The molecule has 6 heteroatoms. The molecule has 0 atom stereocenters. The van der Waals surface area contributed by atoms with Crippen LogP contribution in [0.15, 0.2) is 10.9 Å². The molecule has 0 unspecified atom stereocenters. The molecule has 0 fully saturated rings. The second kappa shape index (κ2) is 5.05. The quantitative estimate of drug-likeness (QED) is 0.905. The Kier molecular flexibility index (Phi) is 3.49. The first-order valence-electron chi connectivity index (χ1n) is 4.78. The average molecular weight is 250 g/mol. The molecule has 0 bridgehead atoms. The van der Waals surface area contributed by atoms with E-state index in [0.29, 0.717) is 5.56 Å². The standard InChI is InChI=1S/C10H10N4S2/c1-7-9(4-11)10(16-14-7)12-3-2-8-5-15-6-13-8/h5-6,12H,2-3H2,1H3. The van der Waals surface area contributed by atoms with Gasteiger partial charge in [-0.25, -0.2) is 4.98 Å². The molecule has 4 nitrogen and oxygen atoms in total. The molecule has 0 aliphatic carbocycles. The minimum Gasteiger partial charge on any atom is -0.374 e. The third kappa shape index (κ3) is 2.38. The van der Waals surface area contributed by atoms with Gasteiger partial charge in [-0.05, 0) is 18.5 Å². The molecular weight excluding hydrogens is 240 g/mol. The van der Waals surface area contributed by atoms with Crippen LogP contribution in [0.4, 0.5) is 5.00 Å². The molecule has 2 heterocycles. The number of thiazole rings is 1. The minimum absolute atomic E-state index is 0.656. The van der Waals surface area contributed by atoms with Crippen LogP contribution < -0.4 is 5.32 Å². The van der Waals surface area contributed by atoms with Gasteiger partial charge in [0, 0.05) is 18.3 Å². The van der Waals surface area contributed by atoms with Crippen LogP contribution in [0.3, 0.4) is 0 Å². The van der Waals surface area contributed by atoms with Crippen molar-refractivity contribution in [2.45, 2.75) is 13.3 Å². The van der Waals surface area contributed by atoms with Crippen molar-refractivity contribution >= 4 is 27.9 Å². The predicted molar refractivity (Wildman–Crippen MR) is 65.9 cm³/mol. The van der Waals surface area contributed by atoms with Crippen molar-refractivity contribution in [3.63, 3.8) is 0 Å². The molecule has 2 rings (SSSR count). The Balaban J connectivity index is 1.93. The number of hydrogen-bond acceptors (Lipinski definition) is 6. The largest absolute Gasteiger partial charge is 0.374 e. The molecule has 0 saturated carbocycles. The molecule has 0 aromatic carbocycles. The van der Waals surface area contributed by atoms with Gasteiger partial charge >= 0.3 is 0 Å². The molecule has 0 aliphatic heterocycles. The molecule has 2 aromatic rings. The summed E-state index contributed by atoms with van der Waals surface area (Å²) in [7, 11) is 0. The minimum atomic E-state index is 0.656. The van der Waals surface area contributed by atoms with Crippen molar-refractivity contribution in [2.24, 2.45) is 0 Å². The highest BCUT2D eigenvalue weighted by molar-refractivity contribution is 7.10. The zero-order chi connectivity index (χ0) is 11.4. The number of nitrogens with zero attached hydrogens (tertiary/aromatic N) is 3. The zero-order valence-electron chi connectivity index (χ0n) is 8.73. The fourth-order valence-electron chi connectivity index (χ4n) is 1.29. The number of hydrogen-bond donors (Lipinski definition) is 1. The zero-order valence-corrected chi connectivity index (χ0v) is 10.4. The number of nitrogens with one attached hydrogen (secondary N) is 1. The van der Waals surface area contributed by atoms with Crippen LogP contribution in [0.5, 0.6) is 0 Å². The van der Waals surface area contributed by atoms with Gasteiger partial charge in [-0.3, -0.25) is 0 Å². The average Bonchev–Trinajstić information content (AvgIpc) is 2.89. The number of aromatic nitrogens is 2. The summed E-state index contributed by atoms with van der Waals surface area (Å²) in [6, 6.07) is 2.16. The summed E-state index contributed by atoms with van der Waals surface area (Å²) in [6.07, 6.45) is 0.866. The molecule has 2 aromatic heterocycles. The van der Waals surface area contributed by atoms with Crippen molar-refractivity contribution in [2.75, 3.05) is 11.9 Å². The van der Waals surface area contributed by atoms with Gasteiger partial charge in [0.15, 0.2) is 0 Å². The second-order valence-electron chi connectivity index (χ2n) is 3.24. The van der Waals surface area contributed by atoms with E-state index in [1.807, 2.05) is 17.8 Å². The van der Waals surface area contributed by atoms with Crippen molar-refractivity contribution in [3.8, 4) is 6.07 Å². The van der Waals surface area contributed by atoms with Crippen LogP contribution in [-0.4, -0.2) is 15.9 Å². The van der Waals surface area contributed by atoms with Gasteiger partial charge in [0.2, 0.25) is 0 Å². The van der Waals surface area contributed by atoms with Crippen LogP contribution in [0.1, 0.15) is 17.0 Å². The normalized spacial score (nSPS) is 10.0. The first-order valence-corrected chi connectivity index (χ1v) is 6.50. The van der Waals surface area contributed by atoms with E-state index in [4.69, 9.17) is 5.26 Å². The highest BCUT2D eigenvalue weighted by Gasteiger charge is 2.08. The van der Waals surface area contributed by atoms with Gasteiger partial charge in [-0.1, -0.05) is 0 Å². The van der Waals surface area contributed by atoms with Crippen molar-refractivity contribution < 1.29 is 0 Å². The molecule has 82 valence electrons. The number of nitriles is 1. The van der Waals surface area contributed by atoms with E-state index in [0.717, 1.165) is 29.4 Å². The van der Waals surface area contributed by atoms with Gasteiger partial charge in [0.1, 0.15) is 16.6 Å². The van der Waals surface area contributed by atoms with Crippen LogP contribution >= 0.6 is 22.9 Å². The van der Waals surface area contributed by atoms with E-state index in [2.05, 4.69) is 20.7 Å². The lowest BCUT2D eigenvalue weighted by molar-refractivity contribution is 0.980. The van der Waals surface area contributed by atoms with E-state index in [1.54, 1.807) is 11.3 Å². The maximum absolute atomic E-state index is 8.94. The van der Waals surface area contributed by atoms with Gasteiger partial charge in [0.25, 0.3) is 0 Å². The number of rotatable bonds is 4. The van der Waals surface area contributed by atoms with E-state index < -0.39 is 0 Å². The monoisotopic (exact) mass is 250 g/mol. The molecule has 0 amide bonds. The SMILES string of the molecule is Cc1nsc(NCCc2cscn2)c1C#N. The topological polar surface area (TPSA) is 61.6 Å². The number of anilines is 1. The van der Waals surface area contributed by atoms with Gasteiger partial charge in [0.05, 0.1) is 16.9 Å². The molecule has 16 heavy (non-hydrogen) atoms. The van der Waals surface area contributed by atoms with E-state index in [1.165, 1.54) is 11.5 Å². The van der Waals surface area contributed by atoms with E-state index in [-0.39, 0.29) is 0 Å². The number of aryl methyl sites for hydroxylation is 1. The fourth-order valence-corrected chi connectivity index (χ4v) is 2.65. The second-order valence-corrected chi connectivity index (χ2v) is 4.73. The Labute approximate surface area is 102 Å². The summed E-state index contributed by atoms with van der Waals surface area (Å²) in [6.45, 7) is 2.63. The summed E-state index contributed by atoms with van der Waals surface area (Å²) >= 11 is 2.93. The Morgan fingerprint density at radius 2 is 2.44 bits per heavy atom. The maximum atomic E-state index is 8.94. The maximum Gasteiger partial charge on any atom is 0.127 e. The van der Waals surface area contributed by atoms with Gasteiger partial charge in [-0.15, -0.1) is 11.3 Å². The summed E-state index contributed by atoms with van der Waals surface area (Å²) in [4.78, 5) is 4.20.